The van der Waals surface area contributed by atoms with Crippen molar-refractivity contribution in [2.24, 2.45) is 0 Å². The number of carboxylic acid groups (broad SMARTS) is 3. The Morgan fingerprint density at radius 3 is 1.00 bits per heavy atom. The average molecular weight is 217 g/mol. The lowest BCUT2D eigenvalue weighted by Gasteiger charge is -1.97. The fourth-order valence-corrected chi connectivity index (χ4v) is 0. The molecule has 0 saturated carbocycles. The number of aliphatic carboxylic acids is 3. The molecule has 14 heavy (non-hydrogen) atoms. The van der Waals surface area contributed by atoms with Gasteiger partial charge in [0, 0.05) is 0 Å². The Bertz CT molecular complexity index is 158. The molecule has 0 fully saturated rings. The van der Waals surface area contributed by atoms with Gasteiger partial charge >= 0.3 is 0 Å². The molecule has 0 amide bonds. The van der Waals surface area contributed by atoms with Crippen LogP contribution in [0.1, 0.15) is 0 Å². The van der Waals surface area contributed by atoms with E-state index in [4.69, 9.17) is 34.8 Å². The van der Waals surface area contributed by atoms with E-state index in [1.807, 2.05) is 0 Å². The molecule has 0 aromatic heterocycles. The second-order valence-electron chi connectivity index (χ2n) is 1.11. The molecule has 0 aliphatic rings. The zero-order chi connectivity index (χ0) is 9.44. The number of carboxylic acids is 3. The van der Waals surface area contributed by atoms with Crippen LogP contribution in [0.2, 0.25) is 0 Å². The highest BCUT2D eigenvalue weighted by molar-refractivity contribution is 6.25. The van der Waals surface area contributed by atoms with E-state index in [1.54, 1.807) is 0 Å². The summed E-state index contributed by atoms with van der Waals surface area (Å²) in [7, 11) is 0. The highest BCUT2D eigenvalue weighted by Gasteiger charge is 1.75. The summed E-state index contributed by atoms with van der Waals surface area (Å²) in [5, 5.41) is 34.3. The van der Waals surface area contributed by atoms with Crippen LogP contribution in [0, 0.1) is 0 Å². The fourth-order valence-electron chi connectivity index (χ4n) is 0. The zero-order valence-electron chi connectivity index (χ0n) is 8.10. The fraction of sp³-hybridized carbons (Fsp3) is 0.250. The first-order valence-electron chi connectivity index (χ1n) is 2.14. The summed E-state index contributed by atoms with van der Waals surface area (Å²) >= 11 is 0. The largest absolute Gasteiger partial charge is 0.548 e. The molecule has 0 heterocycles. The summed E-state index contributed by atoms with van der Waals surface area (Å²) in [4.78, 5) is 26.9. The molecule has 0 aromatic carbocycles. The van der Waals surface area contributed by atoms with E-state index < -0.39 is 24.5 Å². The maximum Gasteiger partial charge on any atom is 0.0870 e. The Morgan fingerprint density at radius 1 is 0.857 bits per heavy atom. The zero-order valence-corrected chi connectivity index (χ0v) is 8.10. The number of carbonyl (C=O) groups excluding carboxylic acids is 3. The molecule has 0 rings (SSSR count). The van der Waals surface area contributed by atoms with E-state index in [0.717, 1.165) is 0 Å². The van der Waals surface area contributed by atoms with Crippen LogP contribution in [0.4, 0.5) is 0 Å². The maximum absolute atomic E-state index is 9.01. The van der Waals surface area contributed by atoms with Crippen molar-refractivity contribution >= 4 is 17.9 Å². The molecule has 88 valence electrons. The minimum absolute atomic E-state index is 0. The third kappa shape index (κ3) is 48.6. The molecule has 0 aromatic rings. The Kier molecular flexibility index (Phi) is 36.6. The first kappa shape index (κ1) is 29.5. The summed E-state index contributed by atoms with van der Waals surface area (Å²) in [5.74, 6) is -5.81. The number of hydrogen-bond donors (Lipinski definition) is 4. The third-order valence-corrected chi connectivity index (χ3v) is 0.296. The minimum atomic E-state index is -2.19. The van der Waals surface area contributed by atoms with Gasteiger partial charge in [-0.3, -0.25) is 0 Å². The van der Waals surface area contributed by atoms with E-state index in [9.17, 15) is 0 Å². The van der Waals surface area contributed by atoms with Crippen LogP contribution >= 0.6 is 0 Å². The maximum atomic E-state index is 9.01. The van der Waals surface area contributed by atoms with Crippen molar-refractivity contribution in [1.82, 2.24) is 18.5 Å². The summed E-state index contributed by atoms with van der Waals surface area (Å²) < 4.78 is 0. The molecule has 0 spiro atoms. The van der Waals surface area contributed by atoms with Crippen LogP contribution in [0.25, 0.3) is 0 Å². The predicted molar refractivity (Wildman–Crippen MR) is 40.1 cm³/mol. The molecular weight excluding hydrogens is 202 g/mol. The van der Waals surface area contributed by atoms with Crippen molar-refractivity contribution in [1.29, 1.82) is 0 Å². The number of quaternary nitrogens is 3. The molecule has 10 heteroatoms. The Hall–Kier alpha value is -1.75. The number of aliphatic hydroxyl groups is 1. The molecule has 0 bridgehead atoms. The van der Waals surface area contributed by atoms with E-state index in [-0.39, 0.29) is 18.5 Å². The lowest BCUT2D eigenvalue weighted by molar-refractivity contribution is -0.345. The van der Waals surface area contributed by atoms with Crippen LogP contribution in [0.15, 0.2) is 0 Å². The van der Waals surface area contributed by atoms with Crippen molar-refractivity contribution in [2.75, 3.05) is 6.61 Å². The molecule has 0 saturated heterocycles. The normalized spacial score (nSPS) is 5.79. The van der Waals surface area contributed by atoms with Crippen LogP contribution in [0.3, 0.4) is 0 Å². The molecule has 0 aliphatic heterocycles. The molecule has 0 radical (unpaired) electrons. The second-order valence-corrected chi connectivity index (χ2v) is 1.11. The average Bonchev–Trinajstić information content (AvgIpc) is 1.89. The summed E-state index contributed by atoms with van der Waals surface area (Å²) in [6, 6.07) is 0. The van der Waals surface area contributed by atoms with Gasteiger partial charge in [0.05, 0.1) is 24.5 Å². The first-order chi connectivity index (χ1) is 4.91. The highest BCUT2D eigenvalue weighted by Crippen LogP contribution is 1.41. The standard InChI is InChI=1S/C2H2O4.C2H4O3.3H3N/c3-1(4)2(5)6;3-1-2(4)5;;;/h(H,3,4)(H,5,6);3H,1H2,(H,4,5);3*1H3. The van der Waals surface area contributed by atoms with E-state index in [0.29, 0.717) is 0 Å². The van der Waals surface area contributed by atoms with Gasteiger partial charge in [0.25, 0.3) is 0 Å². The quantitative estimate of drug-likeness (QED) is 0.312. The van der Waals surface area contributed by atoms with Gasteiger partial charge in [-0.25, -0.2) is 0 Å². The van der Waals surface area contributed by atoms with Crippen LogP contribution in [-0.2, 0) is 14.4 Å². The molecule has 0 aliphatic carbocycles. The van der Waals surface area contributed by atoms with Crippen molar-refractivity contribution in [2.45, 2.75) is 0 Å². The Labute approximate surface area is 78.9 Å². The van der Waals surface area contributed by atoms with Gasteiger partial charge in [-0.05, 0) is 0 Å². The molecule has 10 nitrogen and oxygen atoms in total. The lowest BCUT2D eigenvalue weighted by atomic mass is 10.7. The topological polar surface area (TPSA) is 250 Å². The smallest absolute Gasteiger partial charge is 0.0870 e. The molecule has 0 atom stereocenters. The van der Waals surface area contributed by atoms with Gasteiger partial charge in [0.2, 0.25) is 0 Å². The van der Waals surface area contributed by atoms with Crippen LogP contribution in [0.5, 0.6) is 0 Å². The van der Waals surface area contributed by atoms with Crippen molar-refractivity contribution in [3.63, 3.8) is 0 Å². The van der Waals surface area contributed by atoms with E-state index in [2.05, 4.69) is 0 Å². The van der Waals surface area contributed by atoms with Gasteiger partial charge in [-0.2, -0.15) is 0 Å². The summed E-state index contributed by atoms with van der Waals surface area (Å²) in [6.45, 7) is -0.889. The second kappa shape index (κ2) is 17.4. The van der Waals surface area contributed by atoms with Gasteiger partial charge in [-0.15, -0.1) is 0 Å². The number of hydrogen-bond acceptors (Lipinski definition) is 7. The number of carbonyl (C=O) groups is 3. The summed E-state index contributed by atoms with van der Waals surface area (Å²) in [6.07, 6.45) is 0. The van der Waals surface area contributed by atoms with Crippen LogP contribution in [-0.4, -0.2) is 29.6 Å². The van der Waals surface area contributed by atoms with Crippen molar-refractivity contribution < 1.29 is 34.8 Å². The lowest BCUT2D eigenvalue weighted by Crippen LogP contribution is -2.42. The summed E-state index contributed by atoms with van der Waals surface area (Å²) in [5.41, 5.74) is 0. The van der Waals surface area contributed by atoms with Crippen molar-refractivity contribution in [3.8, 4) is 0 Å². The predicted octanol–water partition coefficient (Wildman–Crippen LogP) is -4.66. The molecular formula is C4H15N3O7. The molecule has 13 N–H and O–H groups in total. The SMILES string of the molecule is O=C([O-])C(=O)[O-].O=C([O-])CO.[NH4+].[NH4+].[NH4+]. The Balaban J connectivity index is -0.0000000321. The van der Waals surface area contributed by atoms with Gasteiger partial charge in [0.1, 0.15) is 0 Å². The highest BCUT2D eigenvalue weighted by atomic mass is 16.4. The monoisotopic (exact) mass is 217 g/mol. The van der Waals surface area contributed by atoms with Gasteiger partial charge < -0.3 is 53.3 Å². The number of rotatable bonds is 1. The van der Waals surface area contributed by atoms with Crippen LogP contribution < -0.4 is 33.8 Å². The Morgan fingerprint density at radius 2 is 1.00 bits per heavy atom. The molecule has 0 unspecified atom stereocenters. The van der Waals surface area contributed by atoms with Gasteiger partial charge in [0.15, 0.2) is 0 Å². The van der Waals surface area contributed by atoms with Gasteiger partial charge in [-0.1, -0.05) is 0 Å². The third-order valence-electron chi connectivity index (χ3n) is 0.296. The minimum Gasteiger partial charge on any atom is -0.548 e. The van der Waals surface area contributed by atoms with E-state index >= 15 is 0 Å². The van der Waals surface area contributed by atoms with Crippen molar-refractivity contribution in [3.05, 3.63) is 0 Å². The first-order valence-corrected chi connectivity index (χ1v) is 2.14. The van der Waals surface area contributed by atoms with E-state index in [1.165, 1.54) is 0 Å². The number of aliphatic hydroxyl groups excluding tert-OH is 1.